The highest BCUT2D eigenvalue weighted by Crippen LogP contribution is 2.32. The SMILES string of the molecule is Cc1ccc(-c2nn(Cc3ccccc3)cc2[C@H]2NC(=O)c3ccccc3N2)cc1. The van der Waals surface area contributed by atoms with Crippen LogP contribution >= 0.6 is 0 Å². The number of benzene rings is 3. The van der Waals surface area contributed by atoms with Crippen LogP contribution in [0.25, 0.3) is 11.3 Å². The highest BCUT2D eigenvalue weighted by atomic mass is 16.2. The zero-order valence-electron chi connectivity index (χ0n) is 16.7. The first-order chi connectivity index (χ1) is 14.7. The van der Waals surface area contributed by atoms with Gasteiger partial charge in [0.1, 0.15) is 6.17 Å². The number of nitrogens with one attached hydrogen (secondary N) is 2. The molecule has 1 amide bonds. The minimum Gasteiger partial charge on any atom is -0.361 e. The molecule has 3 aromatic carbocycles. The molecular formula is C25H22N4O. The number of anilines is 1. The number of rotatable bonds is 4. The first-order valence-electron chi connectivity index (χ1n) is 10.0. The van der Waals surface area contributed by atoms with Crippen LogP contribution in [0.3, 0.4) is 0 Å². The van der Waals surface area contributed by atoms with Gasteiger partial charge in [0.05, 0.1) is 17.8 Å². The lowest BCUT2D eigenvalue weighted by Gasteiger charge is -2.27. The van der Waals surface area contributed by atoms with Crippen LogP contribution in [0, 0.1) is 6.92 Å². The molecule has 4 aromatic rings. The van der Waals surface area contributed by atoms with Crippen LogP contribution in [0.1, 0.15) is 33.2 Å². The van der Waals surface area contributed by atoms with Crippen molar-refractivity contribution in [1.29, 1.82) is 0 Å². The zero-order valence-corrected chi connectivity index (χ0v) is 16.7. The van der Waals surface area contributed by atoms with Crippen molar-refractivity contribution in [2.24, 2.45) is 0 Å². The average molecular weight is 394 g/mol. The van der Waals surface area contributed by atoms with E-state index in [-0.39, 0.29) is 12.1 Å². The van der Waals surface area contributed by atoms with Crippen molar-refractivity contribution in [3.8, 4) is 11.3 Å². The Morgan fingerprint density at radius 2 is 1.63 bits per heavy atom. The quantitative estimate of drug-likeness (QED) is 0.525. The zero-order chi connectivity index (χ0) is 20.5. The second-order valence-corrected chi connectivity index (χ2v) is 7.58. The minimum atomic E-state index is -0.353. The van der Waals surface area contributed by atoms with Crippen LogP contribution in [0.2, 0.25) is 0 Å². The molecule has 148 valence electrons. The molecule has 1 aliphatic rings. The van der Waals surface area contributed by atoms with Crippen LogP contribution < -0.4 is 10.6 Å². The largest absolute Gasteiger partial charge is 0.361 e. The molecule has 0 fully saturated rings. The van der Waals surface area contributed by atoms with Gasteiger partial charge in [0.2, 0.25) is 0 Å². The number of para-hydroxylation sites is 1. The van der Waals surface area contributed by atoms with Crippen LogP contribution in [-0.2, 0) is 6.54 Å². The summed E-state index contributed by atoms with van der Waals surface area (Å²) in [7, 11) is 0. The fraction of sp³-hybridized carbons (Fsp3) is 0.120. The molecule has 2 N–H and O–H groups in total. The number of aryl methyl sites for hydroxylation is 1. The van der Waals surface area contributed by atoms with E-state index in [0.717, 1.165) is 22.5 Å². The van der Waals surface area contributed by atoms with Crippen LogP contribution in [0.4, 0.5) is 5.69 Å². The van der Waals surface area contributed by atoms with E-state index < -0.39 is 0 Å². The summed E-state index contributed by atoms with van der Waals surface area (Å²) >= 11 is 0. The molecule has 0 aliphatic carbocycles. The van der Waals surface area contributed by atoms with E-state index in [0.29, 0.717) is 12.1 Å². The fourth-order valence-electron chi connectivity index (χ4n) is 3.80. The number of fused-ring (bicyclic) bond motifs is 1. The van der Waals surface area contributed by atoms with E-state index in [4.69, 9.17) is 5.10 Å². The maximum Gasteiger partial charge on any atom is 0.255 e. The molecule has 30 heavy (non-hydrogen) atoms. The summed E-state index contributed by atoms with van der Waals surface area (Å²) in [6.07, 6.45) is 1.67. The Balaban J connectivity index is 1.56. The molecular weight excluding hydrogens is 372 g/mol. The number of hydrogen-bond acceptors (Lipinski definition) is 3. The molecule has 1 atom stereocenters. The Kier molecular flexibility index (Phi) is 4.56. The molecule has 0 radical (unpaired) electrons. The van der Waals surface area contributed by atoms with E-state index in [1.165, 1.54) is 11.1 Å². The predicted molar refractivity (Wildman–Crippen MR) is 118 cm³/mol. The number of carbonyl (C=O) groups is 1. The molecule has 5 rings (SSSR count). The fourth-order valence-corrected chi connectivity index (χ4v) is 3.80. The summed E-state index contributed by atoms with van der Waals surface area (Å²) < 4.78 is 1.94. The molecule has 0 bridgehead atoms. The third kappa shape index (κ3) is 3.46. The number of hydrogen-bond donors (Lipinski definition) is 2. The van der Waals surface area contributed by atoms with E-state index in [1.807, 2.05) is 53.3 Å². The van der Waals surface area contributed by atoms with Crippen molar-refractivity contribution >= 4 is 11.6 Å². The van der Waals surface area contributed by atoms with Gasteiger partial charge >= 0.3 is 0 Å². The smallest absolute Gasteiger partial charge is 0.255 e. The Hall–Kier alpha value is -3.86. The van der Waals surface area contributed by atoms with Crippen molar-refractivity contribution in [3.05, 3.63) is 107 Å². The molecule has 0 unspecified atom stereocenters. The monoisotopic (exact) mass is 394 g/mol. The van der Waals surface area contributed by atoms with Crippen LogP contribution in [0.5, 0.6) is 0 Å². The third-order valence-electron chi connectivity index (χ3n) is 5.36. The number of carbonyl (C=O) groups excluding carboxylic acids is 1. The van der Waals surface area contributed by atoms with Crippen LogP contribution in [-0.4, -0.2) is 15.7 Å². The first-order valence-corrected chi connectivity index (χ1v) is 10.0. The van der Waals surface area contributed by atoms with Gasteiger partial charge in [-0.2, -0.15) is 5.10 Å². The van der Waals surface area contributed by atoms with Crippen molar-refractivity contribution in [1.82, 2.24) is 15.1 Å². The minimum absolute atomic E-state index is 0.0833. The summed E-state index contributed by atoms with van der Waals surface area (Å²) in [5, 5.41) is 11.4. The van der Waals surface area contributed by atoms with Gasteiger partial charge in [0, 0.05) is 23.0 Å². The second-order valence-electron chi connectivity index (χ2n) is 7.58. The molecule has 0 saturated heterocycles. The van der Waals surface area contributed by atoms with E-state index in [1.54, 1.807) is 0 Å². The Morgan fingerprint density at radius 3 is 2.43 bits per heavy atom. The number of aromatic nitrogens is 2. The summed E-state index contributed by atoms with van der Waals surface area (Å²) in [6.45, 7) is 2.73. The van der Waals surface area contributed by atoms with Gasteiger partial charge in [-0.3, -0.25) is 9.48 Å². The molecule has 1 aromatic heterocycles. The van der Waals surface area contributed by atoms with Gasteiger partial charge in [-0.1, -0.05) is 72.3 Å². The average Bonchev–Trinajstić information content (AvgIpc) is 3.19. The van der Waals surface area contributed by atoms with Crippen LogP contribution in [0.15, 0.2) is 85.1 Å². The van der Waals surface area contributed by atoms with Gasteiger partial charge in [-0.25, -0.2) is 0 Å². The highest BCUT2D eigenvalue weighted by Gasteiger charge is 2.28. The van der Waals surface area contributed by atoms with Gasteiger partial charge in [-0.15, -0.1) is 0 Å². The van der Waals surface area contributed by atoms with Gasteiger partial charge < -0.3 is 10.6 Å². The van der Waals surface area contributed by atoms with Crippen molar-refractivity contribution in [2.45, 2.75) is 19.6 Å². The summed E-state index contributed by atoms with van der Waals surface area (Å²) in [5.74, 6) is -0.0833. The molecule has 2 heterocycles. The van der Waals surface area contributed by atoms with Crippen molar-refractivity contribution in [2.75, 3.05) is 5.32 Å². The third-order valence-corrected chi connectivity index (χ3v) is 5.36. The summed E-state index contributed by atoms with van der Waals surface area (Å²) in [5.41, 5.74) is 6.69. The lowest BCUT2D eigenvalue weighted by molar-refractivity contribution is 0.0936. The first kappa shape index (κ1) is 18.2. The number of amides is 1. The molecule has 5 heteroatoms. The second kappa shape index (κ2) is 7.52. The Labute approximate surface area is 175 Å². The maximum atomic E-state index is 12.7. The van der Waals surface area contributed by atoms with E-state index in [9.17, 15) is 4.79 Å². The van der Waals surface area contributed by atoms with Crippen molar-refractivity contribution < 1.29 is 4.79 Å². The lowest BCUT2D eigenvalue weighted by atomic mass is 10.0. The summed E-state index contributed by atoms with van der Waals surface area (Å²) in [6, 6.07) is 26.1. The summed E-state index contributed by atoms with van der Waals surface area (Å²) in [4.78, 5) is 12.7. The Bertz CT molecular complexity index is 1200. The number of nitrogens with zero attached hydrogens (tertiary/aromatic N) is 2. The molecule has 0 spiro atoms. The normalized spacial score (nSPS) is 15.2. The maximum absolute atomic E-state index is 12.7. The van der Waals surface area contributed by atoms with Gasteiger partial charge in [0.15, 0.2) is 0 Å². The Morgan fingerprint density at radius 1 is 0.900 bits per heavy atom. The molecule has 5 nitrogen and oxygen atoms in total. The van der Waals surface area contributed by atoms with E-state index in [2.05, 4.69) is 54.0 Å². The highest BCUT2D eigenvalue weighted by molar-refractivity contribution is 6.01. The molecule has 0 saturated carbocycles. The molecule has 1 aliphatic heterocycles. The predicted octanol–water partition coefficient (Wildman–Crippen LogP) is 4.76. The van der Waals surface area contributed by atoms with Crippen molar-refractivity contribution in [3.63, 3.8) is 0 Å². The van der Waals surface area contributed by atoms with Gasteiger partial charge in [-0.05, 0) is 24.6 Å². The van der Waals surface area contributed by atoms with E-state index >= 15 is 0 Å². The standard InChI is InChI=1S/C25H22N4O/c1-17-11-13-19(14-12-17)23-21(16-29(28-23)15-18-7-3-2-4-8-18)24-26-22-10-6-5-9-20(22)25(30)27-24/h2-14,16,24,26H,15H2,1H3,(H,27,30)/t24-/m1/s1. The lowest BCUT2D eigenvalue weighted by Crippen LogP contribution is -2.38. The topological polar surface area (TPSA) is 59.0 Å². The van der Waals surface area contributed by atoms with Gasteiger partial charge in [0.25, 0.3) is 5.91 Å².